The summed E-state index contributed by atoms with van der Waals surface area (Å²) < 4.78 is 24.3. The molecule has 3 rings (SSSR count). The van der Waals surface area contributed by atoms with Gasteiger partial charge in [-0.25, -0.2) is 9.37 Å². The Labute approximate surface area is 144 Å². The van der Waals surface area contributed by atoms with Crippen LogP contribution < -0.4 is 10.1 Å². The quantitative estimate of drug-likeness (QED) is 0.887. The van der Waals surface area contributed by atoms with Gasteiger partial charge in [0.1, 0.15) is 29.2 Å². The Morgan fingerprint density at radius 1 is 1.44 bits per heavy atom. The van der Waals surface area contributed by atoms with Gasteiger partial charge < -0.3 is 19.7 Å². The lowest BCUT2D eigenvalue weighted by Gasteiger charge is -2.33. The minimum absolute atomic E-state index is 0.157. The summed E-state index contributed by atoms with van der Waals surface area (Å²) in [6, 6.07) is 5.71. The van der Waals surface area contributed by atoms with Crippen LogP contribution >= 0.6 is 0 Å². The number of hydrogen-bond donors (Lipinski definition) is 1. The van der Waals surface area contributed by atoms with E-state index in [1.165, 1.54) is 18.2 Å². The average Bonchev–Trinajstić information content (AvgIpc) is 2.66. The lowest BCUT2D eigenvalue weighted by Crippen LogP contribution is -2.44. The Hall–Kier alpha value is -2.74. The second kappa shape index (κ2) is 7.89. The van der Waals surface area contributed by atoms with Crippen molar-refractivity contribution in [3.63, 3.8) is 0 Å². The Morgan fingerprint density at radius 2 is 2.28 bits per heavy atom. The third-order valence-electron chi connectivity index (χ3n) is 3.85. The highest BCUT2D eigenvalue weighted by molar-refractivity contribution is 5.78. The first kappa shape index (κ1) is 17.1. The van der Waals surface area contributed by atoms with Crippen LogP contribution in [-0.4, -0.2) is 54.1 Å². The molecule has 1 aliphatic heterocycles. The van der Waals surface area contributed by atoms with Crippen LogP contribution in [0.3, 0.4) is 0 Å². The van der Waals surface area contributed by atoms with Gasteiger partial charge in [0, 0.05) is 32.1 Å². The van der Waals surface area contributed by atoms with Gasteiger partial charge in [-0.15, -0.1) is 0 Å². The number of hydrogen-bond acceptors (Lipinski definition) is 6. The van der Waals surface area contributed by atoms with Crippen molar-refractivity contribution in [2.75, 3.05) is 38.7 Å². The number of nitrogens with one attached hydrogen (secondary N) is 1. The van der Waals surface area contributed by atoms with E-state index in [2.05, 4.69) is 15.3 Å². The van der Waals surface area contributed by atoms with Crippen LogP contribution in [0.5, 0.6) is 5.75 Å². The zero-order valence-electron chi connectivity index (χ0n) is 13.8. The van der Waals surface area contributed by atoms with E-state index in [0.29, 0.717) is 37.0 Å². The summed E-state index contributed by atoms with van der Waals surface area (Å²) in [5.74, 6) is 0.355. The zero-order chi connectivity index (χ0) is 17.6. The van der Waals surface area contributed by atoms with Gasteiger partial charge in [-0.3, -0.25) is 9.78 Å². The molecule has 1 fully saturated rings. The second-order valence-electron chi connectivity index (χ2n) is 5.49. The third kappa shape index (κ3) is 4.21. The van der Waals surface area contributed by atoms with E-state index in [-0.39, 0.29) is 18.6 Å². The van der Waals surface area contributed by atoms with Gasteiger partial charge in [-0.2, -0.15) is 0 Å². The fraction of sp³-hybridized carbons (Fsp3) is 0.353. The standard InChI is InChI=1S/C17H19FN4O3/c1-19-17-16(20-5-6-21-17)14-10-22(7-8-24-14)15(23)11-25-13-4-2-3-12(18)9-13/h2-6,9,14H,7-8,10-11H2,1H3,(H,19,21)/t14-/m0/s1. The van der Waals surface area contributed by atoms with E-state index in [4.69, 9.17) is 9.47 Å². The Balaban J connectivity index is 1.61. The first-order valence-electron chi connectivity index (χ1n) is 7.94. The summed E-state index contributed by atoms with van der Waals surface area (Å²) in [5, 5.41) is 2.97. The maximum atomic E-state index is 13.1. The molecule has 0 saturated carbocycles. The molecule has 25 heavy (non-hydrogen) atoms. The Kier molecular flexibility index (Phi) is 5.39. The number of aromatic nitrogens is 2. The van der Waals surface area contributed by atoms with Crippen LogP contribution in [0.15, 0.2) is 36.7 Å². The molecule has 1 aromatic carbocycles. The first-order chi connectivity index (χ1) is 12.2. The van der Waals surface area contributed by atoms with Crippen molar-refractivity contribution in [2.45, 2.75) is 6.10 Å². The minimum Gasteiger partial charge on any atom is -0.484 e. The van der Waals surface area contributed by atoms with Crippen LogP contribution in [0, 0.1) is 5.82 Å². The number of amides is 1. The fourth-order valence-corrected chi connectivity index (χ4v) is 2.61. The van der Waals surface area contributed by atoms with Crippen LogP contribution in [-0.2, 0) is 9.53 Å². The fourth-order valence-electron chi connectivity index (χ4n) is 2.61. The lowest BCUT2D eigenvalue weighted by atomic mass is 10.2. The van der Waals surface area contributed by atoms with Crippen molar-refractivity contribution in [3.05, 3.63) is 48.2 Å². The van der Waals surface area contributed by atoms with Gasteiger partial charge in [-0.05, 0) is 12.1 Å². The van der Waals surface area contributed by atoms with Crippen molar-refractivity contribution in [1.29, 1.82) is 0 Å². The molecule has 1 atom stereocenters. The number of carbonyl (C=O) groups excluding carboxylic acids is 1. The SMILES string of the molecule is CNc1nccnc1[C@@H]1CN(C(=O)COc2cccc(F)c2)CCO1. The highest BCUT2D eigenvalue weighted by Gasteiger charge is 2.28. The monoisotopic (exact) mass is 346 g/mol. The molecule has 0 unspecified atom stereocenters. The van der Waals surface area contributed by atoms with E-state index < -0.39 is 5.82 Å². The number of benzene rings is 1. The number of ether oxygens (including phenoxy) is 2. The second-order valence-corrected chi connectivity index (χ2v) is 5.49. The Morgan fingerprint density at radius 3 is 3.08 bits per heavy atom. The number of carbonyl (C=O) groups is 1. The Bertz CT molecular complexity index is 743. The molecule has 0 radical (unpaired) electrons. The smallest absolute Gasteiger partial charge is 0.260 e. The highest BCUT2D eigenvalue weighted by atomic mass is 19.1. The lowest BCUT2D eigenvalue weighted by molar-refractivity contribution is -0.141. The van der Waals surface area contributed by atoms with Crippen molar-refractivity contribution >= 4 is 11.7 Å². The number of morpholine rings is 1. The van der Waals surface area contributed by atoms with Gasteiger partial charge in [0.25, 0.3) is 5.91 Å². The van der Waals surface area contributed by atoms with Gasteiger partial charge >= 0.3 is 0 Å². The average molecular weight is 346 g/mol. The maximum Gasteiger partial charge on any atom is 0.260 e. The number of rotatable bonds is 5. The number of nitrogens with zero attached hydrogens (tertiary/aromatic N) is 3. The molecule has 132 valence electrons. The van der Waals surface area contributed by atoms with Crippen LogP contribution in [0.25, 0.3) is 0 Å². The maximum absolute atomic E-state index is 13.1. The normalized spacial score (nSPS) is 17.2. The molecule has 8 heteroatoms. The van der Waals surface area contributed by atoms with E-state index in [9.17, 15) is 9.18 Å². The summed E-state index contributed by atoms with van der Waals surface area (Å²) >= 11 is 0. The molecule has 1 saturated heterocycles. The van der Waals surface area contributed by atoms with Crippen molar-refractivity contribution in [2.24, 2.45) is 0 Å². The largest absolute Gasteiger partial charge is 0.484 e. The van der Waals surface area contributed by atoms with Crippen LogP contribution in [0.1, 0.15) is 11.8 Å². The van der Waals surface area contributed by atoms with Gasteiger partial charge in [0.15, 0.2) is 6.61 Å². The summed E-state index contributed by atoms with van der Waals surface area (Å²) in [4.78, 5) is 22.6. The molecular formula is C17H19FN4O3. The topological polar surface area (TPSA) is 76.6 Å². The van der Waals surface area contributed by atoms with Crippen molar-refractivity contribution in [1.82, 2.24) is 14.9 Å². The third-order valence-corrected chi connectivity index (χ3v) is 3.85. The van der Waals surface area contributed by atoms with E-state index in [0.717, 1.165) is 0 Å². The molecule has 2 heterocycles. The molecule has 2 aromatic rings. The molecule has 7 nitrogen and oxygen atoms in total. The molecule has 0 spiro atoms. The van der Waals surface area contributed by atoms with Crippen molar-refractivity contribution < 1.29 is 18.7 Å². The molecule has 1 aromatic heterocycles. The summed E-state index contributed by atoms with van der Waals surface area (Å²) in [6.45, 7) is 1.07. The summed E-state index contributed by atoms with van der Waals surface area (Å²) in [7, 11) is 1.76. The van der Waals surface area contributed by atoms with Gasteiger partial charge in [0.05, 0.1) is 13.2 Å². The summed E-state index contributed by atoms with van der Waals surface area (Å²) in [6.07, 6.45) is 2.82. The van der Waals surface area contributed by atoms with Gasteiger partial charge in [-0.1, -0.05) is 6.07 Å². The van der Waals surface area contributed by atoms with E-state index in [1.807, 2.05) is 0 Å². The first-order valence-corrected chi connectivity index (χ1v) is 7.94. The molecule has 0 aliphatic carbocycles. The van der Waals surface area contributed by atoms with Crippen molar-refractivity contribution in [3.8, 4) is 5.75 Å². The minimum atomic E-state index is -0.404. The van der Waals surface area contributed by atoms with Crippen LogP contribution in [0.4, 0.5) is 10.2 Å². The number of halogens is 1. The molecule has 0 bridgehead atoms. The number of anilines is 1. The van der Waals surface area contributed by atoms with Crippen LogP contribution in [0.2, 0.25) is 0 Å². The molecule has 1 aliphatic rings. The molecule has 1 N–H and O–H groups in total. The predicted octanol–water partition coefficient (Wildman–Crippen LogP) is 1.64. The highest BCUT2D eigenvalue weighted by Crippen LogP contribution is 2.25. The summed E-state index contributed by atoms with van der Waals surface area (Å²) in [5.41, 5.74) is 0.661. The molecule has 1 amide bonds. The van der Waals surface area contributed by atoms with E-state index >= 15 is 0 Å². The molecular weight excluding hydrogens is 327 g/mol. The zero-order valence-corrected chi connectivity index (χ0v) is 13.8. The predicted molar refractivity (Wildman–Crippen MR) is 88.7 cm³/mol. The van der Waals surface area contributed by atoms with Gasteiger partial charge in [0.2, 0.25) is 0 Å². The van der Waals surface area contributed by atoms with E-state index in [1.54, 1.807) is 30.4 Å².